The summed E-state index contributed by atoms with van der Waals surface area (Å²) < 4.78 is 3.00. The first-order chi connectivity index (χ1) is 15.3. The number of hydrogen-bond acceptors (Lipinski definition) is 3. The molecule has 164 valence electrons. The van der Waals surface area contributed by atoms with Crippen LogP contribution >= 0.6 is 15.9 Å². The number of benzene rings is 1. The molecule has 0 aliphatic carbocycles. The molecule has 4 rings (SSSR count). The van der Waals surface area contributed by atoms with E-state index in [0.29, 0.717) is 11.1 Å². The van der Waals surface area contributed by atoms with Crippen molar-refractivity contribution in [2.24, 2.45) is 0 Å². The zero-order valence-corrected chi connectivity index (χ0v) is 20.1. The van der Waals surface area contributed by atoms with Gasteiger partial charge in [0.05, 0.1) is 11.1 Å². The van der Waals surface area contributed by atoms with Gasteiger partial charge < -0.3 is 14.9 Å². The third-order valence-electron chi connectivity index (χ3n) is 5.58. The summed E-state index contributed by atoms with van der Waals surface area (Å²) in [7, 11) is 0. The number of aryl methyl sites for hydroxylation is 2. The molecule has 3 aromatic heterocycles. The number of halogens is 1. The molecule has 0 fully saturated rings. The maximum Gasteiger partial charge on any atom is 0.253 e. The first-order valence-electron chi connectivity index (χ1n) is 10.5. The third kappa shape index (κ3) is 4.12. The van der Waals surface area contributed by atoms with Crippen molar-refractivity contribution in [2.45, 2.75) is 40.3 Å². The SMILES string of the molecule is Cc1cc(-c2ccncc2)c(CNC(=O)c2cc(Br)cc3c2c(C)cn3C(C)C)c(=O)[nH]1. The number of hydrogen-bond donors (Lipinski definition) is 2. The van der Waals surface area contributed by atoms with Crippen LogP contribution in [0.4, 0.5) is 0 Å². The molecule has 0 aliphatic heterocycles. The lowest BCUT2D eigenvalue weighted by Crippen LogP contribution is -2.28. The summed E-state index contributed by atoms with van der Waals surface area (Å²) in [6.45, 7) is 8.20. The number of pyridine rings is 2. The first-order valence-corrected chi connectivity index (χ1v) is 11.3. The molecule has 7 heteroatoms. The Morgan fingerprint density at radius 1 is 1.19 bits per heavy atom. The van der Waals surface area contributed by atoms with Gasteiger partial charge >= 0.3 is 0 Å². The minimum absolute atomic E-state index is 0.115. The lowest BCUT2D eigenvalue weighted by molar-refractivity contribution is 0.0952. The number of H-pyrrole nitrogens is 1. The van der Waals surface area contributed by atoms with Crippen LogP contribution in [-0.2, 0) is 6.54 Å². The molecule has 4 aromatic rings. The van der Waals surface area contributed by atoms with Gasteiger partial charge in [-0.15, -0.1) is 0 Å². The Morgan fingerprint density at radius 3 is 2.59 bits per heavy atom. The first kappa shape index (κ1) is 22.0. The fourth-order valence-electron chi connectivity index (χ4n) is 4.10. The van der Waals surface area contributed by atoms with Crippen LogP contribution in [0.25, 0.3) is 22.0 Å². The largest absolute Gasteiger partial charge is 0.348 e. The summed E-state index contributed by atoms with van der Waals surface area (Å²) in [6.07, 6.45) is 5.45. The van der Waals surface area contributed by atoms with Crippen molar-refractivity contribution in [1.82, 2.24) is 19.9 Å². The van der Waals surface area contributed by atoms with Crippen LogP contribution in [-0.4, -0.2) is 20.4 Å². The number of carbonyl (C=O) groups is 1. The molecule has 1 aromatic carbocycles. The fourth-order valence-corrected chi connectivity index (χ4v) is 4.55. The topological polar surface area (TPSA) is 79.8 Å². The standard InChI is InChI=1S/C25H25BrN4O2/c1-14(2)30-13-15(3)23-20(10-18(26)11-22(23)30)24(31)28-12-21-19(9-16(4)29-25(21)32)17-5-7-27-8-6-17/h5-11,13-14H,12H2,1-4H3,(H,28,31)(H,29,32). The van der Waals surface area contributed by atoms with E-state index in [-0.39, 0.29) is 24.1 Å². The van der Waals surface area contributed by atoms with Gasteiger partial charge in [0.2, 0.25) is 0 Å². The van der Waals surface area contributed by atoms with E-state index >= 15 is 0 Å². The Labute approximate surface area is 194 Å². The molecule has 0 unspecified atom stereocenters. The molecule has 0 spiro atoms. The number of fused-ring (bicyclic) bond motifs is 1. The summed E-state index contributed by atoms with van der Waals surface area (Å²) in [5, 5.41) is 3.89. The molecule has 1 amide bonds. The second-order valence-electron chi connectivity index (χ2n) is 8.25. The van der Waals surface area contributed by atoms with E-state index in [4.69, 9.17) is 0 Å². The van der Waals surface area contributed by atoms with Crippen LogP contribution in [0, 0.1) is 13.8 Å². The van der Waals surface area contributed by atoms with Crippen LogP contribution < -0.4 is 10.9 Å². The molecule has 32 heavy (non-hydrogen) atoms. The van der Waals surface area contributed by atoms with Gasteiger partial charge in [-0.25, -0.2) is 0 Å². The second-order valence-corrected chi connectivity index (χ2v) is 9.17. The predicted molar refractivity (Wildman–Crippen MR) is 131 cm³/mol. The smallest absolute Gasteiger partial charge is 0.253 e. The monoisotopic (exact) mass is 492 g/mol. The fraction of sp³-hybridized carbons (Fsp3) is 0.240. The van der Waals surface area contributed by atoms with Gasteiger partial charge in [-0.3, -0.25) is 14.6 Å². The molecule has 0 aliphatic rings. The van der Waals surface area contributed by atoms with Gasteiger partial charge in [0.1, 0.15) is 0 Å². The Balaban J connectivity index is 1.72. The lowest BCUT2D eigenvalue weighted by Gasteiger charge is -2.13. The van der Waals surface area contributed by atoms with Gasteiger partial charge in [-0.1, -0.05) is 15.9 Å². The van der Waals surface area contributed by atoms with E-state index in [1.807, 2.05) is 44.2 Å². The van der Waals surface area contributed by atoms with Gasteiger partial charge in [0, 0.05) is 52.3 Å². The second kappa shape index (κ2) is 8.74. The number of carbonyl (C=O) groups excluding carboxylic acids is 1. The summed E-state index contributed by atoms with van der Waals surface area (Å²) in [6, 6.07) is 9.77. The maximum atomic E-state index is 13.3. The van der Waals surface area contributed by atoms with Crippen LogP contribution in [0.1, 0.15) is 47.1 Å². The predicted octanol–water partition coefficient (Wildman–Crippen LogP) is 5.28. The van der Waals surface area contributed by atoms with E-state index < -0.39 is 0 Å². The average Bonchev–Trinajstić information content (AvgIpc) is 3.09. The summed E-state index contributed by atoms with van der Waals surface area (Å²) >= 11 is 3.55. The Kier molecular flexibility index (Phi) is 6.02. The van der Waals surface area contributed by atoms with Crippen LogP contribution in [0.2, 0.25) is 0 Å². The highest BCUT2D eigenvalue weighted by Gasteiger charge is 2.19. The number of amides is 1. The van der Waals surface area contributed by atoms with Crippen molar-refractivity contribution in [3.05, 3.63) is 86.1 Å². The van der Waals surface area contributed by atoms with Gasteiger partial charge in [-0.05, 0) is 74.7 Å². The average molecular weight is 493 g/mol. The zero-order chi connectivity index (χ0) is 23.0. The van der Waals surface area contributed by atoms with Crippen LogP contribution in [0.5, 0.6) is 0 Å². The number of nitrogens with one attached hydrogen (secondary N) is 2. The van der Waals surface area contributed by atoms with Gasteiger partial charge in [0.25, 0.3) is 11.5 Å². The number of nitrogens with zero attached hydrogens (tertiary/aromatic N) is 2. The highest BCUT2D eigenvalue weighted by Crippen LogP contribution is 2.31. The molecular formula is C25H25BrN4O2. The third-order valence-corrected chi connectivity index (χ3v) is 6.03. The van der Waals surface area contributed by atoms with Crippen LogP contribution in [0.3, 0.4) is 0 Å². The van der Waals surface area contributed by atoms with E-state index in [0.717, 1.165) is 37.8 Å². The van der Waals surface area contributed by atoms with Crippen molar-refractivity contribution in [3.63, 3.8) is 0 Å². The Bertz CT molecular complexity index is 1370. The summed E-state index contributed by atoms with van der Waals surface area (Å²) in [4.78, 5) is 32.9. The van der Waals surface area contributed by atoms with Crippen LogP contribution in [0.15, 0.2) is 58.2 Å². The number of aromatic amines is 1. The molecule has 2 N–H and O–H groups in total. The van der Waals surface area contributed by atoms with Crippen molar-refractivity contribution in [2.75, 3.05) is 0 Å². The van der Waals surface area contributed by atoms with Crippen molar-refractivity contribution in [3.8, 4) is 11.1 Å². The lowest BCUT2D eigenvalue weighted by atomic mass is 10.0. The van der Waals surface area contributed by atoms with Crippen molar-refractivity contribution >= 4 is 32.7 Å². The normalized spacial score (nSPS) is 11.3. The molecule has 0 saturated carbocycles. The van der Waals surface area contributed by atoms with Crippen molar-refractivity contribution < 1.29 is 4.79 Å². The van der Waals surface area contributed by atoms with E-state index in [2.05, 4.69) is 55.8 Å². The highest BCUT2D eigenvalue weighted by molar-refractivity contribution is 9.10. The Hall–Kier alpha value is -3.19. The molecule has 3 heterocycles. The van der Waals surface area contributed by atoms with Gasteiger partial charge in [-0.2, -0.15) is 0 Å². The minimum Gasteiger partial charge on any atom is -0.348 e. The highest BCUT2D eigenvalue weighted by atomic mass is 79.9. The van der Waals surface area contributed by atoms with E-state index in [9.17, 15) is 9.59 Å². The van der Waals surface area contributed by atoms with E-state index in [1.54, 1.807) is 12.4 Å². The minimum atomic E-state index is -0.221. The van der Waals surface area contributed by atoms with Crippen molar-refractivity contribution in [1.29, 1.82) is 0 Å². The molecule has 0 saturated heterocycles. The summed E-state index contributed by atoms with van der Waals surface area (Å²) in [5.41, 5.74) is 5.36. The Morgan fingerprint density at radius 2 is 1.91 bits per heavy atom. The maximum absolute atomic E-state index is 13.3. The number of aromatic nitrogens is 3. The molecular weight excluding hydrogens is 468 g/mol. The summed E-state index contributed by atoms with van der Waals surface area (Å²) in [5.74, 6) is -0.221. The number of rotatable bonds is 5. The zero-order valence-electron chi connectivity index (χ0n) is 18.5. The van der Waals surface area contributed by atoms with Gasteiger partial charge in [0.15, 0.2) is 0 Å². The molecule has 0 bridgehead atoms. The van der Waals surface area contributed by atoms with E-state index in [1.165, 1.54) is 0 Å². The quantitative estimate of drug-likeness (QED) is 0.397. The molecule has 0 atom stereocenters. The molecule has 6 nitrogen and oxygen atoms in total. The molecule has 0 radical (unpaired) electrons.